The molecule has 0 heterocycles. The third-order valence-corrected chi connectivity index (χ3v) is 1.45. The molecule has 0 spiro atoms. The van der Waals surface area contributed by atoms with Gasteiger partial charge in [-0.2, -0.15) is 9.58 Å². The highest BCUT2D eigenvalue weighted by molar-refractivity contribution is 6.98. The predicted octanol–water partition coefficient (Wildman–Crippen LogP) is 1.47. The van der Waals surface area contributed by atoms with Gasteiger partial charge in [-0.3, -0.25) is 0 Å². The highest BCUT2D eigenvalue weighted by Crippen LogP contribution is 1.91. The van der Waals surface area contributed by atoms with E-state index < -0.39 is 8.07 Å². The molecule has 0 aliphatic carbocycles. The second-order valence-electron chi connectivity index (χ2n) is 2.98. The normalized spacial score (nSPS) is 8.00. The maximum atomic E-state index is 8.01. The van der Waals surface area contributed by atoms with Crippen molar-refractivity contribution in [3.63, 3.8) is 0 Å². The van der Waals surface area contributed by atoms with E-state index in [2.05, 4.69) is 29.2 Å². The van der Waals surface area contributed by atoms with Crippen LogP contribution in [0.1, 0.15) is 6.92 Å². The van der Waals surface area contributed by atoms with Crippen molar-refractivity contribution in [3.05, 3.63) is 11.1 Å². The van der Waals surface area contributed by atoms with Gasteiger partial charge in [0, 0.05) is 6.92 Å². The molecule has 0 radical (unpaired) electrons. The van der Waals surface area contributed by atoms with Crippen molar-refractivity contribution in [3.8, 4) is 0 Å². The summed E-state index contributed by atoms with van der Waals surface area (Å²) in [7, 11) is -1.20. The summed E-state index contributed by atoms with van der Waals surface area (Å²) in [5.74, 6) is 1.63. The molecule has 0 unspecified atom stereocenters. The summed E-state index contributed by atoms with van der Waals surface area (Å²) >= 11 is 0. The van der Waals surface area contributed by atoms with E-state index in [1.807, 2.05) is 0 Å². The molecule has 0 saturated heterocycles. The second-order valence-corrected chi connectivity index (χ2v) is 7.97. The van der Waals surface area contributed by atoms with Crippen LogP contribution in [0.5, 0.6) is 0 Å². The Kier molecular flexibility index (Phi) is 8.14. The molecule has 0 aromatic rings. The van der Waals surface area contributed by atoms with Gasteiger partial charge in [0.25, 0.3) is 6.21 Å². The number of hydrogen-bond acceptors (Lipinski definition) is 0. The summed E-state index contributed by atoms with van der Waals surface area (Å²) in [6, 6.07) is 0. The molecule has 4 nitrogen and oxygen atoms in total. The van der Waals surface area contributed by atoms with Crippen molar-refractivity contribution in [2.75, 3.05) is 0 Å². The average Bonchev–Trinajstić information content (AvgIpc) is 1.86. The number of nitrogens with zero attached hydrogens (tertiary/aromatic N) is 4. The van der Waals surface area contributed by atoms with Crippen molar-refractivity contribution in [2.24, 2.45) is 0 Å². The molecule has 0 aromatic heterocycles. The van der Waals surface area contributed by atoms with Crippen molar-refractivity contribution in [1.29, 1.82) is 0 Å². The van der Waals surface area contributed by atoms with E-state index in [1.165, 1.54) is 6.21 Å². The summed E-state index contributed by atoms with van der Waals surface area (Å²) in [4.78, 5) is 5.55. The van der Waals surface area contributed by atoms with Crippen LogP contribution < -0.4 is 0 Å². The Morgan fingerprint density at radius 1 is 1.09 bits per heavy atom. The summed E-state index contributed by atoms with van der Waals surface area (Å²) < 4.78 is 0. The highest BCUT2D eigenvalue weighted by atomic mass is 28.3. The Labute approximate surface area is 68.1 Å². The van der Waals surface area contributed by atoms with Crippen LogP contribution in [0.4, 0.5) is 0 Å². The Morgan fingerprint density at radius 3 is 1.45 bits per heavy atom. The first-order valence-electron chi connectivity index (χ1n) is 3.28. The molecule has 11 heavy (non-hydrogen) atoms. The molecular formula is C6H14N4Si. The summed E-state index contributed by atoms with van der Waals surface area (Å²) in [6.45, 7) is 7.95. The van der Waals surface area contributed by atoms with Crippen molar-refractivity contribution in [2.45, 2.75) is 26.6 Å². The fourth-order valence-corrected chi connectivity index (χ4v) is 0.520. The fourth-order valence-electron chi connectivity index (χ4n) is 0.173. The molecular weight excluding hydrogens is 156 g/mol. The van der Waals surface area contributed by atoms with Crippen LogP contribution in [0.25, 0.3) is 11.1 Å². The van der Waals surface area contributed by atoms with Crippen LogP contribution in [0.15, 0.2) is 0 Å². The van der Waals surface area contributed by atoms with Gasteiger partial charge in [0.15, 0.2) is 8.07 Å². The quantitative estimate of drug-likeness (QED) is 0.247. The van der Waals surface area contributed by atoms with Crippen LogP contribution in [0, 0.1) is 0 Å². The van der Waals surface area contributed by atoms with Gasteiger partial charge in [-0.15, -0.1) is 0 Å². The minimum Gasteiger partial charge on any atom is -0.363 e. The van der Waals surface area contributed by atoms with E-state index in [0.29, 0.717) is 0 Å². The van der Waals surface area contributed by atoms with E-state index in [1.54, 1.807) is 12.8 Å². The topological polar surface area (TPSA) is 72.8 Å². The third-order valence-electron chi connectivity index (χ3n) is 0.561. The Morgan fingerprint density at radius 2 is 1.45 bits per heavy atom. The van der Waals surface area contributed by atoms with Gasteiger partial charge in [-0.1, -0.05) is 19.6 Å². The van der Waals surface area contributed by atoms with Gasteiger partial charge in [0.05, 0.1) is 0 Å². The maximum Gasteiger partial charge on any atom is 0.254 e. The second kappa shape index (κ2) is 7.09. The minimum atomic E-state index is -1.20. The predicted molar refractivity (Wildman–Crippen MR) is 48.4 cm³/mol. The number of rotatable bonds is 1. The summed E-state index contributed by atoms with van der Waals surface area (Å²) in [5, 5.41) is 0. The first-order chi connectivity index (χ1) is 4.97. The van der Waals surface area contributed by atoms with E-state index in [0.717, 1.165) is 0 Å². The van der Waals surface area contributed by atoms with Crippen molar-refractivity contribution in [1.82, 2.24) is 0 Å². The van der Waals surface area contributed by atoms with E-state index in [-0.39, 0.29) is 0 Å². The van der Waals surface area contributed by atoms with Crippen LogP contribution in [-0.2, 0) is 0 Å². The van der Waals surface area contributed by atoms with Gasteiger partial charge in [0.1, 0.15) is 0 Å². The monoisotopic (exact) mass is 170 g/mol. The Bertz CT molecular complexity index is 181. The molecule has 0 atom stereocenters. The lowest BCUT2D eigenvalue weighted by molar-refractivity contribution is 0.00293. The zero-order chi connectivity index (χ0) is 9.33. The number of hydrogen-bond donors (Lipinski definition) is 0. The molecule has 0 aromatic carbocycles. The lowest BCUT2D eigenvalue weighted by atomic mass is 10.9. The average molecular weight is 170 g/mol. The largest absolute Gasteiger partial charge is 0.363 e. The van der Waals surface area contributed by atoms with Gasteiger partial charge >= 0.3 is 0 Å². The molecule has 0 bridgehead atoms. The first-order valence-corrected chi connectivity index (χ1v) is 6.86. The molecule has 0 amide bonds. The van der Waals surface area contributed by atoms with E-state index in [9.17, 15) is 0 Å². The zero-order valence-electron chi connectivity index (χ0n) is 7.44. The highest BCUT2D eigenvalue weighted by Gasteiger charge is 2.14. The molecule has 62 valence electrons. The molecule has 0 fully saturated rings. The zero-order valence-corrected chi connectivity index (χ0v) is 8.44. The lowest BCUT2D eigenvalue weighted by Gasteiger charge is -1.95. The SMILES string of the molecule is CC=[N+]=[N-].C[Si](C)(C)C=[N+]=[N-]. The van der Waals surface area contributed by atoms with Crippen LogP contribution >= 0.6 is 0 Å². The molecule has 0 aliphatic rings. The first kappa shape index (κ1) is 12.6. The van der Waals surface area contributed by atoms with Crippen LogP contribution in [-0.4, -0.2) is 29.7 Å². The van der Waals surface area contributed by atoms with Crippen molar-refractivity contribution < 1.29 is 9.58 Å². The Balaban J connectivity index is 0. The van der Waals surface area contributed by atoms with Gasteiger partial charge < -0.3 is 11.1 Å². The van der Waals surface area contributed by atoms with Crippen LogP contribution in [0.2, 0.25) is 19.6 Å². The van der Waals surface area contributed by atoms with Gasteiger partial charge in [-0.05, 0) is 0 Å². The standard InChI is InChI=1S/C4H10N2Si.C2H4N2/c1-7(2,3)4-6-5;1-2-4-3/h4H,1-3H3;2H,1H3. The third kappa shape index (κ3) is 27.6. The van der Waals surface area contributed by atoms with Gasteiger partial charge in [0.2, 0.25) is 5.84 Å². The lowest BCUT2D eigenvalue weighted by Crippen LogP contribution is -2.22. The van der Waals surface area contributed by atoms with E-state index in [4.69, 9.17) is 11.1 Å². The summed E-state index contributed by atoms with van der Waals surface area (Å²) in [6.07, 6.45) is 1.31. The molecule has 0 N–H and O–H groups in total. The molecule has 0 rings (SSSR count). The molecule has 0 saturated carbocycles. The smallest absolute Gasteiger partial charge is 0.254 e. The van der Waals surface area contributed by atoms with Gasteiger partial charge in [-0.25, -0.2) is 0 Å². The maximum absolute atomic E-state index is 8.01. The van der Waals surface area contributed by atoms with E-state index >= 15 is 0 Å². The summed E-state index contributed by atoms with van der Waals surface area (Å²) in [5.41, 5.74) is 15.5. The molecule has 5 heteroatoms. The molecule has 0 aliphatic heterocycles. The Hall–Kier alpha value is -1.02. The van der Waals surface area contributed by atoms with Crippen LogP contribution in [0.3, 0.4) is 0 Å². The fraction of sp³-hybridized carbons (Fsp3) is 0.667. The minimum absolute atomic E-state index is 1.20. The van der Waals surface area contributed by atoms with Crippen molar-refractivity contribution >= 4 is 20.1 Å².